The third-order valence-corrected chi connectivity index (χ3v) is 2.71. The van der Waals surface area contributed by atoms with Crippen LogP contribution in [0.1, 0.15) is 45.6 Å². The smallest absolute Gasteiger partial charge is 0.412 e. The molecule has 0 unspecified atom stereocenters. The van der Waals surface area contributed by atoms with Crippen LogP contribution in [-0.4, -0.2) is 27.9 Å². The largest absolute Gasteiger partial charge is 0.505 e. The summed E-state index contributed by atoms with van der Waals surface area (Å²) >= 11 is 0. The lowest BCUT2D eigenvalue weighted by molar-refractivity contribution is -0.137. The highest BCUT2D eigenvalue weighted by atomic mass is 16.6. The maximum Gasteiger partial charge on any atom is 0.412 e. The van der Waals surface area contributed by atoms with Crippen molar-refractivity contribution in [3.05, 3.63) is 23.8 Å². The van der Waals surface area contributed by atoms with E-state index in [2.05, 4.69) is 5.32 Å². The van der Waals surface area contributed by atoms with Gasteiger partial charge in [0.05, 0.1) is 12.1 Å². The number of benzene rings is 1. The molecule has 0 radical (unpaired) electrons. The second-order valence-corrected chi connectivity index (χ2v) is 5.87. The lowest BCUT2D eigenvalue weighted by Gasteiger charge is -2.20. The van der Waals surface area contributed by atoms with Gasteiger partial charge in [0.2, 0.25) is 0 Å². The van der Waals surface area contributed by atoms with E-state index in [-0.39, 0.29) is 23.8 Å². The predicted molar refractivity (Wildman–Crippen MR) is 78.6 cm³/mol. The highest BCUT2D eigenvalue weighted by molar-refractivity contribution is 5.87. The van der Waals surface area contributed by atoms with Gasteiger partial charge in [0.1, 0.15) is 11.4 Å². The molecule has 1 amide bonds. The number of carbonyl (C=O) groups excluding carboxylic acids is 1. The molecule has 1 aromatic carbocycles. The first-order valence-corrected chi connectivity index (χ1v) is 6.64. The molecule has 0 aromatic heterocycles. The summed E-state index contributed by atoms with van der Waals surface area (Å²) in [6.45, 7) is 6.90. The Morgan fingerprint density at radius 1 is 1.33 bits per heavy atom. The maximum absolute atomic E-state index is 11.7. The van der Waals surface area contributed by atoms with Crippen molar-refractivity contribution in [3.8, 4) is 5.75 Å². The van der Waals surface area contributed by atoms with E-state index < -0.39 is 17.7 Å². The van der Waals surface area contributed by atoms with Crippen molar-refractivity contribution in [2.45, 2.75) is 45.6 Å². The molecule has 6 nitrogen and oxygen atoms in total. The Labute approximate surface area is 123 Å². The first-order chi connectivity index (χ1) is 9.60. The minimum absolute atomic E-state index is 0.108. The number of phenolic OH excluding ortho intramolecular Hbond substituents is 1. The van der Waals surface area contributed by atoms with Gasteiger partial charge in [-0.1, -0.05) is 19.1 Å². The van der Waals surface area contributed by atoms with Crippen molar-refractivity contribution in [1.82, 2.24) is 0 Å². The number of phenols is 1. The maximum atomic E-state index is 11.7. The molecule has 0 saturated heterocycles. The molecule has 1 aromatic rings. The van der Waals surface area contributed by atoms with Gasteiger partial charge >= 0.3 is 12.1 Å². The fourth-order valence-electron chi connectivity index (χ4n) is 1.85. The Balaban J connectivity index is 2.90. The number of carboxylic acid groups (broad SMARTS) is 1. The van der Waals surface area contributed by atoms with Crippen molar-refractivity contribution >= 4 is 17.7 Å². The molecule has 0 aliphatic rings. The summed E-state index contributed by atoms with van der Waals surface area (Å²) in [6, 6.07) is 4.79. The number of hydrogen-bond acceptors (Lipinski definition) is 4. The summed E-state index contributed by atoms with van der Waals surface area (Å²) in [6.07, 6.45) is -0.787. The van der Waals surface area contributed by atoms with Gasteiger partial charge in [-0.2, -0.15) is 0 Å². The predicted octanol–water partition coefficient (Wildman–Crippen LogP) is 3.32. The summed E-state index contributed by atoms with van der Waals surface area (Å²) in [5.74, 6) is -1.47. The molecule has 0 spiro atoms. The molecular weight excluding hydrogens is 274 g/mol. The van der Waals surface area contributed by atoms with E-state index in [4.69, 9.17) is 9.84 Å². The minimum atomic E-state index is -0.951. The van der Waals surface area contributed by atoms with E-state index in [1.807, 2.05) is 0 Å². The molecule has 0 saturated carbocycles. The van der Waals surface area contributed by atoms with Crippen LogP contribution in [0.25, 0.3) is 0 Å². The minimum Gasteiger partial charge on any atom is -0.505 e. The van der Waals surface area contributed by atoms with Gasteiger partial charge in [-0.25, -0.2) is 4.79 Å². The highest BCUT2D eigenvalue weighted by Crippen LogP contribution is 2.34. The molecule has 0 aliphatic carbocycles. The summed E-state index contributed by atoms with van der Waals surface area (Å²) in [4.78, 5) is 22.4. The lowest BCUT2D eigenvalue weighted by Crippen LogP contribution is -2.27. The Hall–Kier alpha value is -2.24. The summed E-state index contributed by atoms with van der Waals surface area (Å²) in [7, 11) is 0. The van der Waals surface area contributed by atoms with Crippen LogP contribution in [0.5, 0.6) is 5.75 Å². The number of carboxylic acids is 1. The Morgan fingerprint density at radius 3 is 2.48 bits per heavy atom. The van der Waals surface area contributed by atoms with Crippen LogP contribution in [0.2, 0.25) is 0 Å². The second-order valence-electron chi connectivity index (χ2n) is 5.87. The van der Waals surface area contributed by atoms with E-state index in [1.54, 1.807) is 39.8 Å². The van der Waals surface area contributed by atoms with Crippen LogP contribution >= 0.6 is 0 Å². The lowest BCUT2D eigenvalue weighted by atomic mass is 9.96. The normalized spacial score (nSPS) is 12.6. The quantitative estimate of drug-likeness (QED) is 0.740. The molecule has 1 atom stereocenters. The Kier molecular flexibility index (Phi) is 5.18. The molecule has 0 heterocycles. The highest BCUT2D eigenvalue weighted by Gasteiger charge is 2.20. The molecule has 1 rings (SSSR count). The number of hydrogen-bond donors (Lipinski definition) is 3. The SMILES string of the molecule is C[C@@H](CC(=O)O)c1cccc(NC(=O)OC(C)(C)C)c1O. The van der Waals surface area contributed by atoms with Gasteiger partial charge in [-0.3, -0.25) is 10.1 Å². The van der Waals surface area contributed by atoms with E-state index in [1.165, 1.54) is 6.07 Å². The number of ether oxygens (including phenoxy) is 1. The molecule has 116 valence electrons. The molecule has 0 aliphatic heterocycles. The number of nitrogens with one attached hydrogen (secondary N) is 1. The van der Waals surface area contributed by atoms with Gasteiger partial charge in [-0.05, 0) is 38.3 Å². The number of para-hydroxylation sites is 1. The van der Waals surface area contributed by atoms with Gasteiger partial charge in [0.25, 0.3) is 0 Å². The zero-order chi connectivity index (χ0) is 16.2. The number of carbonyl (C=O) groups is 2. The molecule has 0 bridgehead atoms. The van der Waals surface area contributed by atoms with Crippen LogP contribution in [0.15, 0.2) is 18.2 Å². The average Bonchev–Trinajstić information content (AvgIpc) is 2.28. The van der Waals surface area contributed by atoms with Crippen LogP contribution in [0.4, 0.5) is 10.5 Å². The first kappa shape index (κ1) is 16.8. The molecule has 3 N–H and O–H groups in total. The van der Waals surface area contributed by atoms with Gasteiger partial charge in [0, 0.05) is 0 Å². The summed E-state index contributed by atoms with van der Waals surface area (Å²) < 4.78 is 5.11. The van der Waals surface area contributed by atoms with E-state index in [9.17, 15) is 14.7 Å². The van der Waals surface area contributed by atoms with Crippen LogP contribution < -0.4 is 5.32 Å². The monoisotopic (exact) mass is 295 g/mol. The third kappa shape index (κ3) is 5.33. The second kappa shape index (κ2) is 6.47. The fourth-order valence-corrected chi connectivity index (χ4v) is 1.85. The zero-order valence-electron chi connectivity index (χ0n) is 12.6. The topological polar surface area (TPSA) is 95.9 Å². The van der Waals surface area contributed by atoms with Crippen LogP contribution in [0, 0.1) is 0 Å². The average molecular weight is 295 g/mol. The van der Waals surface area contributed by atoms with Crippen LogP contribution in [0.3, 0.4) is 0 Å². The number of amides is 1. The standard InChI is InChI=1S/C15H21NO5/c1-9(8-12(17)18)10-6-5-7-11(13(10)19)16-14(20)21-15(2,3)4/h5-7,9,19H,8H2,1-4H3,(H,16,20)(H,17,18)/t9-/m0/s1. The third-order valence-electron chi connectivity index (χ3n) is 2.71. The Morgan fingerprint density at radius 2 is 1.95 bits per heavy atom. The summed E-state index contributed by atoms with van der Waals surface area (Å²) in [5.41, 5.74) is 0.0124. The number of aliphatic carboxylic acids is 1. The number of anilines is 1. The molecular formula is C15H21NO5. The van der Waals surface area contributed by atoms with Crippen molar-refractivity contribution in [2.24, 2.45) is 0 Å². The van der Waals surface area contributed by atoms with E-state index in [0.717, 1.165) is 0 Å². The van der Waals surface area contributed by atoms with Crippen molar-refractivity contribution in [2.75, 3.05) is 5.32 Å². The molecule has 0 fully saturated rings. The number of aromatic hydroxyl groups is 1. The van der Waals surface area contributed by atoms with Crippen molar-refractivity contribution in [1.29, 1.82) is 0 Å². The first-order valence-electron chi connectivity index (χ1n) is 6.64. The molecule has 21 heavy (non-hydrogen) atoms. The Bertz CT molecular complexity index is 533. The van der Waals surface area contributed by atoms with Crippen molar-refractivity contribution < 1.29 is 24.5 Å². The fraction of sp³-hybridized carbons (Fsp3) is 0.467. The van der Waals surface area contributed by atoms with E-state index >= 15 is 0 Å². The van der Waals surface area contributed by atoms with Gasteiger partial charge < -0.3 is 14.9 Å². The number of rotatable bonds is 4. The van der Waals surface area contributed by atoms with Crippen LogP contribution in [-0.2, 0) is 9.53 Å². The van der Waals surface area contributed by atoms with Crippen molar-refractivity contribution in [3.63, 3.8) is 0 Å². The van der Waals surface area contributed by atoms with E-state index in [0.29, 0.717) is 5.56 Å². The van der Waals surface area contributed by atoms with Gasteiger partial charge in [0.15, 0.2) is 0 Å². The zero-order valence-corrected chi connectivity index (χ0v) is 12.6. The van der Waals surface area contributed by atoms with Gasteiger partial charge in [-0.15, -0.1) is 0 Å². The summed E-state index contributed by atoms with van der Waals surface area (Å²) in [5, 5.41) is 21.4. The molecule has 6 heteroatoms.